The van der Waals surface area contributed by atoms with Crippen molar-refractivity contribution < 1.29 is 9.84 Å². The van der Waals surface area contributed by atoms with Crippen LogP contribution in [-0.4, -0.2) is 29.8 Å². The van der Waals surface area contributed by atoms with E-state index in [0.29, 0.717) is 11.8 Å². The Balaban J connectivity index is 1.88. The topological polar surface area (TPSA) is 54.4 Å². The van der Waals surface area contributed by atoms with E-state index in [2.05, 4.69) is 10.3 Å². The quantitative estimate of drug-likeness (QED) is 0.840. The van der Waals surface area contributed by atoms with Crippen LogP contribution in [-0.2, 0) is 0 Å². The fourth-order valence-electron chi connectivity index (χ4n) is 2.31. The lowest BCUT2D eigenvalue weighted by Gasteiger charge is -2.27. The molecular weight excluding hydrogens is 216 g/mol. The van der Waals surface area contributed by atoms with E-state index in [1.54, 1.807) is 13.3 Å². The zero-order chi connectivity index (χ0) is 12.1. The lowest BCUT2D eigenvalue weighted by Crippen LogP contribution is -2.30. The first-order valence-corrected chi connectivity index (χ1v) is 6.21. The number of methoxy groups -OCH3 is 1. The molecule has 2 N–H and O–H groups in total. The summed E-state index contributed by atoms with van der Waals surface area (Å²) in [6, 6.07) is 3.78. The molecule has 1 aliphatic rings. The molecule has 0 spiro atoms. The number of ether oxygens (including phenoxy) is 1. The van der Waals surface area contributed by atoms with Gasteiger partial charge in [-0.25, -0.2) is 4.98 Å². The van der Waals surface area contributed by atoms with Gasteiger partial charge in [0.2, 0.25) is 5.88 Å². The van der Waals surface area contributed by atoms with E-state index in [4.69, 9.17) is 4.74 Å². The highest BCUT2D eigenvalue weighted by Gasteiger charge is 2.22. The molecule has 0 radical (unpaired) electrons. The summed E-state index contributed by atoms with van der Waals surface area (Å²) in [6.45, 7) is 0.814. The number of rotatable bonds is 4. The number of aromatic nitrogens is 1. The van der Waals surface area contributed by atoms with Crippen molar-refractivity contribution in [1.82, 2.24) is 4.98 Å². The minimum Gasteiger partial charge on any atom is -0.481 e. The van der Waals surface area contributed by atoms with Gasteiger partial charge in [0.25, 0.3) is 0 Å². The second kappa shape index (κ2) is 5.87. The molecule has 0 aromatic carbocycles. The number of nitrogens with one attached hydrogen (secondary N) is 1. The first kappa shape index (κ1) is 12.2. The summed E-state index contributed by atoms with van der Waals surface area (Å²) >= 11 is 0. The standard InChI is InChI=1S/C13H20N2O2/c1-17-13-8-11(6-7-14-13)15-9-10-4-2-3-5-12(10)16/h6-8,10,12,16H,2-5,9H2,1H3,(H,14,15). The largest absolute Gasteiger partial charge is 0.481 e. The summed E-state index contributed by atoms with van der Waals surface area (Å²) in [5, 5.41) is 13.2. The van der Waals surface area contributed by atoms with Crippen LogP contribution in [0.3, 0.4) is 0 Å². The number of pyridine rings is 1. The minimum absolute atomic E-state index is 0.153. The van der Waals surface area contributed by atoms with Gasteiger partial charge in [-0.05, 0) is 18.9 Å². The van der Waals surface area contributed by atoms with Crippen molar-refractivity contribution in [2.45, 2.75) is 31.8 Å². The van der Waals surface area contributed by atoms with Gasteiger partial charge in [0.15, 0.2) is 0 Å². The van der Waals surface area contributed by atoms with E-state index in [1.165, 1.54) is 6.42 Å². The van der Waals surface area contributed by atoms with Crippen molar-refractivity contribution in [3.63, 3.8) is 0 Å². The molecule has 2 atom stereocenters. The number of hydrogen-bond donors (Lipinski definition) is 2. The monoisotopic (exact) mass is 236 g/mol. The van der Waals surface area contributed by atoms with Gasteiger partial charge < -0.3 is 15.2 Å². The van der Waals surface area contributed by atoms with E-state index < -0.39 is 0 Å². The van der Waals surface area contributed by atoms with E-state index in [-0.39, 0.29) is 6.10 Å². The molecule has 94 valence electrons. The fourth-order valence-corrected chi connectivity index (χ4v) is 2.31. The smallest absolute Gasteiger partial charge is 0.214 e. The molecule has 0 aliphatic heterocycles. The predicted molar refractivity (Wildman–Crippen MR) is 67.2 cm³/mol. The van der Waals surface area contributed by atoms with Crippen LogP contribution >= 0.6 is 0 Å². The average Bonchev–Trinajstić information content (AvgIpc) is 2.38. The maximum atomic E-state index is 9.87. The van der Waals surface area contributed by atoms with Crippen LogP contribution in [0.15, 0.2) is 18.3 Å². The lowest BCUT2D eigenvalue weighted by molar-refractivity contribution is 0.0763. The minimum atomic E-state index is -0.153. The zero-order valence-electron chi connectivity index (χ0n) is 10.2. The normalized spacial score (nSPS) is 24.4. The summed E-state index contributed by atoms with van der Waals surface area (Å²) in [4.78, 5) is 4.06. The molecule has 0 saturated heterocycles. The van der Waals surface area contributed by atoms with Crippen molar-refractivity contribution in [3.05, 3.63) is 18.3 Å². The van der Waals surface area contributed by atoms with Crippen molar-refractivity contribution in [2.24, 2.45) is 5.92 Å². The highest BCUT2D eigenvalue weighted by atomic mass is 16.5. The second-order valence-electron chi connectivity index (χ2n) is 4.58. The molecule has 1 aromatic rings. The average molecular weight is 236 g/mol. The first-order chi connectivity index (χ1) is 8.29. The molecule has 1 heterocycles. The number of aliphatic hydroxyl groups is 1. The molecule has 1 aliphatic carbocycles. The van der Waals surface area contributed by atoms with Gasteiger partial charge in [0.1, 0.15) is 0 Å². The van der Waals surface area contributed by atoms with Crippen LogP contribution in [0.5, 0.6) is 5.88 Å². The summed E-state index contributed by atoms with van der Waals surface area (Å²) < 4.78 is 5.07. The molecule has 2 rings (SSSR count). The van der Waals surface area contributed by atoms with E-state index in [0.717, 1.165) is 31.5 Å². The van der Waals surface area contributed by atoms with Crippen molar-refractivity contribution >= 4 is 5.69 Å². The molecule has 17 heavy (non-hydrogen) atoms. The Kier molecular flexibility index (Phi) is 4.20. The van der Waals surface area contributed by atoms with E-state index in [1.807, 2.05) is 12.1 Å². The van der Waals surface area contributed by atoms with Crippen LogP contribution < -0.4 is 10.1 Å². The summed E-state index contributed by atoms with van der Waals surface area (Å²) in [5.74, 6) is 0.974. The van der Waals surface area contributed by atoms with Crippen molar-refractivity contribution in [1.29, 1.82) is 0 Å². The van der Waals surface area contributed by atoms with Gasteiger partial charge in [-0.3, -0.25) is 0 Å². The maximum Gasteiger partial charge on any atom is 0.214 e. The Morgan fingerprint density at radius 1 is 1.47 bits per heavy atom. The van der Waals surface area contributed by atoms with E-state index in [9.17, 15) is 5.11 Å². The van der Waals surface area contributed by atoms with Crippen LogP contribution in [0.1, 0.15) is 25.7 Å². The van der Waals surface area contributed by atoms with Gasteiger partial charge in [-0.15, -0.1) is 0 Å². The van der Waals surface area contributed by atoms with Gasteiger partial charge in [-0.1, -0.05) is 12.8 Å². The van der Waals surface area contributed by atoms with Crippen LogP contribution in [0.4, 0.5) is 5.69 Å². The molecular formula is C13H20N2O2. The SMILES string of the molecule is COc1cc(NCC2CCCCC2O)ccn1. The van der Waals surface area contributed by atoms with Gasteiger partial charge in [0, 0.05) is 30.4 Å². The highest BCUT2D eigenvalue weighted by Crippen LogP contribution is 2.25. The molecule has 0 amide bonds. The number of anilines is 1. The molecule has 4 nitrogen and oxygen atoms in total. The molecule has 4 heteroatoms. The predicted octanol–water partition coefficient (Wildman–Crippen LogP) is 2.05. The molecule has 1 aromatic heterocycles. The Bertz CT molecular complexity index is 357. The Labute approximate surface area is 102 Å². The molecule has 2 unspecified atom stereocenters. The third-order valence-corrected chi connectivity index (χ3v) is 3.38. The Morgan fingerprint density at radius 2 is 2.29 bits per heavy atom. The third-order valence-electron chi connectivity index (χ3n) is 3.38. The van der Waals surface area contributed by atoms with Crippen LogP contribution in [0.25, 0.3) is 0 Å². The van der Waals surface area contributed by atoms with Crippen LogP contribution in [0.2, 0.25) is 0 Å². The van der Waals surface area contributed by atoms with E-state index >= 15 is 0 Å². The highest BCUT2D eigenvalue weighted by molar-refractivity contribution is 5.44. The van der Waals surface area contributed by atoms with Crippen LogP contribution in [0, 0.1) is 5.92 Å². The van der Waals surface area contributed by atoms with Gasteiger partial charge in [-0.2, -0.15) is 0 Å². The summed E-state index contributed by atoms with van der Waals surface area (Å²) in [5.41, 5.74) is 0.995. The van der Waals surface area contributed by atoms with Gasteiger partial charge in [0.05, 0.1) is 13.2 Å². The number of nitrogens with zero attached hydrogens (tertiary/aromatic N) is 1. The Morgan fingerprint density at radius 3 is 3.06 bits per heavy atom. The zero-order valence-corrected chi connectivity index (χ0v) is 10.2. The van der Waals surface area contributed by atoms with Crippen molar-refractivity contribution in [3.8, 4) is 5.88 Å². The molecule has 1 fully saturated rings. The first-order valence-electron chi connectivity index (χ1n) is 6.21. The van der Waals surface area contributed by atoms with Gasteiger partial charge >= 0.3 is 0 Å². The molecule has 1 saturated carbocycles. The second-order valence-corrected chi connectivity index (χ2v) is 4.58. The Hall–Kier alpha value is -1.29. The lowest BCUT2D eigenvalue weighted by atomic mass is 9.86. The third kappa shape index (κ3) is 3.33. The fraction of sp³-hybridized carbons (Fsp3) is 0.615. The van der Waals surface area contributed by atoms with Crippen molar-refractivity contribution in [2.75, 3.05) is 19.0 Å². The molecule has 0 bridgehead atoms. The number of hydrogen-bond acceptors (Lipinski definition) is 4. The maximum absolute atomic E-state index is 9.87. The summed E-state index contributed by atoms with van der Waals surface area (Å²) in [6.07, 6.45) is 5.99. The number of aliphatic hydroxyl groups excluding tert-OH is 1. The summed E-state index contributed by atoms with van der Waals surface area (Å²) in [7, 11) is 1.61.